The largest absolute Gasteiger partial charge is 0.351 e. The van der Waals surface area contributed by atoms with E-state index in [0.717, 1.165) is 12.1 Å². The molecule has 0 aliphatic heterocycles. The lowest BCUT2D eigenvalue weighted by atomic mass is 10.1. The van der Waals surface area contributed by atoms with E-state index >= 15 is 0 Å². The van der Waals surface area contributed by atoms with Crippen molar-refractivity contribution in [2.24, 2.45) is 5.73 Å². The molecule has 1 amide bonds. The quantitative estimate of drug-likeness (QED) is 0.721. The monoisotopic (exact) mass is 285 g/mol. The Morgan fingerprint density at radius 2 is 1.74 bits per heavy atom. The Labute approximate surface area is 121 Å². The lowest BCUT2D eigenvalue weighted by molar-refractivity contribution is 0.0953. The summed E-state index contributed by atoms with van der Waals surface area (Å²) in [7, 11) is 0. The Bertz CT molecular complexity index is 385. The van der Waals surface area contributed by atoms with E-state index in [1.54, 1.807) is 12.1 Å². The molecular formula is C14H24ClN3O. The molecule has 1 aromatic rings. The number of hydrogen-bond acceptors (Lipinski definition) is 3. The van der Waals surface area contributed by atoms with Crippen LogP contribution in [0.15, 0.2) is 24.3 Å². The highest BCUT2D eigenvalue weighted by molar-refractivity contribution is 5.94. The first-order valence-corrected chi connectivity index (χ1v) is 6.24. The minimum atomic E-state index is -0.0470. The summed E-state index contributed by atoms with van der Waals surface area (Å²) in [5.41, 5.74) is 7.28. The Kier molecular flexibility index (Phi) is 7.68. The SMILES string of the molecule is CC(C)(C)NCCNC(=O)c1ccc(CN)cc1.Cl. The average molecular weight is 286 g/mol. The lowest BCUT2D eigenvalue weighted by Gasteiger charge is -2.20. The molecule has 0 radical (unpaired) electrons. The summed E-state index contributed by atoms with van der Waals surface area (Å²) >= 11 is 0. The average Bonchev–Trinajstić information content (AvgIpc) is 2.33. The third-order valence-corrected chi connectivity index (χ3v) is 2.52. The van der Waals surface area contributed by atoms with E-state index in [1.165, 1.54) is 0 Å². The molecule has 0 heterocycles. The van der Waals surface area contributed by atoms with E-state index in [1.807, 2.05) is 12.1 Å². The van der Waals surface area contributed by atoms with Crippen LogP contribution < -0.4 is 16.4 Å². The number of rotatable bonds is 5. The fourth-order valence-corrected chi connectivity index (χ4v) is 1.51. The molecule has 5 heteroatoms. The number of nitrogens with one attached hydrogen (secondary N) is 2. The molecule has 0 spiro atoms. The van der Waals surface area contributed by atoms with E-state index in [-0.39, 0.29) is 23.9 Å². The summed E-state index contributed by atoms with van der Waals surface area (Å²) in [6.07, 6.45) is 0. The van der Waals surface area contributed by atoms with Crippen LogP contribution in [0.5, 0.6) is 0 Å². The van der Waals surface area contributed by atoms with Crippen molar-refractivity contribution in [3.63, 3.8) is 0 Å². The van der Waals surface area contributed by atoms with Crippen LogP contribution in [-0.2, 0) is 6.54 Å². The summed E-state index contributed by atoms with van der Waals surface area (Å²) < 4.78 is 0. The molecular weight excluding hydrogens is 262 g/mol. The molecule has 4 nitrogen and oxygen atoms in total. The van der Waals surface area contributed by atoms with Crippen molar-refractivity contribution in [1.82, 2.24) is 10.6 Å². The Morgan fingerprint density at radius 3 is 2.21 bits per heavy atom. The fraction of sp³-hybridized carbons (Fsp3) is 0.500. The van der Waals surface area contributed by atoms with E-state index in [0.29, 0.717) is 18.7 Å². The normalized spacial score (nSPS) is 10.7. The zero-order valence-corrected chi connectivity index (χ0v) is 12.6. The number of benzene rings is 1. The van der Waals surface area contributed by atoms with E-state index in [2.05, 4.69) is 31.4 Å². The van der Waals surface area contributed by atoms with Gasteiger partial charge in [0, 0.05) is 30.7 Å². The van der Waals surface area contributed by atoms with Gasteiger partial charge in [0.25, 0.3) is 5.91 Å². The summed E-state index contributed by atoms with van der Waals surface area (Å²) in [4.78, 5) is 11.8. The molecule has 0 atom stereocenters. The van der Waals surface area contributed by atoms with Gasteiger partial charge in [-0.05, 0) is 38.5 Å². The van der Waals surface area contributed by atoms with Crippen LogP contribution in [0.3, 0.4) is 0 Å². The molecule has 19 heavy (non-hydrogen) atoms. The number of nitrogens with two attached hydrogens (primary N) is 1. The number of halogens is 1. The van der Waals surface area contributed by atoms with Crippen LogP contribution in [0.1, 0.15) is 36.7 Å². The second-order valence-corrected chi connectivity index (χ2v) is 5.33. The highest BCUT2D eigenvalue weighted by Crippen LogP contribution is 2.03. The minimum absolute atomic E-state index is 0. The zero-order chi connectivity index (χ0) is 13.6. The lowest BCUT2D eigenvalue weighted by Crippen LogP contribution is -2.41. The molecule has 0 unspecified atom stereocenters. The highest BCUT2D eigenvalue weighted by Gasteiger charge is 2.08. The van der Waals surface area contributed by atoms with Gasteiger partial charge in [-0.2, -0.15) is 0 Å². The predicted molar refractivity (Wildman–Crippen MR) is 81.7 cm³/mol. The van der Waals surface area contributed by atoms with Gasteiger partial charge in [-0.25, -0.2) is 0 Å². The maximum Gasteiger partial charge on any atom is 0.251 e. The molecule has 0 saturated heterocycles. The van der Waals surface area contributed by atoms with Gasteiger partial charge in [0.2, 0.25) is 0 Å². The van der Waals surface area contributed by atoms with Gasteiger partial charge < -0.3 is 16.4 Å². The van der Waals surface area contributed by atoms with Gasteiger partial charge in [-0.15, -0.1) is 12.4 Å². The van der Waals surface area contributed by atoms with Crippen LogP contribution in [0.2, 0.25) is 0 Å². The van der Waals surface area contributed by atoms with Gasteiger partial charge in [0.05, 0.1) is 0 Å². The van der Waals surface area contributed by atoms with Crippen molar-refractivity contribution in [3.05, 3.63) is 35.4 Å². The Balaban J connectivity index is 0.00000324. The van der Waals surface area contributed by atoms with Crippen LogP contribution in [-0.4, -0.2) is 24.5 Å². The molecule has 4 N–H and O–H groups in total. The maximum atomic E-state index is 11.8. The van der Waals surface area contributed by atoms with Crippen molar-refractivity contribution < 1.29 is 4.79 Å². The molecule has 0 aliphatic rings. The third-order valence-electron chi connectivity index (χ3n) is 2.52. The van der Waals surface area contributed by atoms with E-state index in [4.69, 9.17) is 5.73 Å². The number of carbonyl (C=O) groups is 1. The van der Waals surface area contributed by atoms with Crippen LogP contribution >= 0.6 is 12.4 Å². The smallest absolute Gasteiger partial charge is 0.251 e. The third kappa shape index (κ3) is 7.15. The molecule has 0 fully saturated rings. The summed E-state index contributed by atoms with van der Waals surface area (Å²) in [6.45, 7) is 8.17. The molecule has 1 rings (SSSR count). The van der Waals surface area contributed by atoms with E-state index in [9.17, 15) is 4.79 Å². The summed E-state index contributed by atoms with van der Waals surface area (Å²) in [5, 5.41) is 6.19. The van der Waals surface area contributed by atoms with E-state index < -0.39 is 0 Å². The zero-order valence-electron chi connectivity index (χ0n) is 11.8. The molecule has 0 aromatic heterocycles. The number of carbonyl (C=O) groups excluding carboxylic acids is 1. The number of hydrogen-bond donors (Lipinski definition) is 3. The molecule has 1 aromatic carbocycles. The molecule has 0 saturated carbocycles. The Hall–Kier alpha value is -1.10. The topological polar surface area (TPSA) is 67.1 Å². The second kappa shape index (κ2) is 8.15. The summed E-state index contributed by atoms with van der Waals surface area (Å²) in [6, 6.07) is 7.36. The molecule has 0 aliphatic carbocycles. The van der Waals surface area contributed by atoms with Gasteiger partial charge in [-0.1, -0.05) is 12.1 Å². The van der Waals surface area contributed by atoms with Gasteiger partial charge in [-0.3, -0.25) is 4.79 Å². The van der Waals surface area contributed by atoms with Gasteiger partial charge in [0.15, 0.2) is 0 Å². The fourth-order valence-electron chi connectivity index (χ4n) is 1.51. The van der Waals surface area contributed by atoms with Crippen molar-refractivity contribution in [2.75, 3.05) is 13.1 Å². The first-order chi connectivity index (χ1) is 8.42. The van der Waals surface area contributed by atoms with Crippen LogP contribution in [0.25, 0.3) is 0 Å². The van der Waals surface area contributed by atoms with Crippen molar-refractivity contribution in [3.8, 4) is 0 Å². The summed E-state index contributed by atoms with van der Waals surface area (Å²) in [5.74, 6) is -0.0470. The maximum absolute atomic E-state index is 11.8. The van der Waals surface area contributed by atoms with Crippen molar-refractivity contribution in [1.29, 1.82) is 0 Å². The number of amides is 1. The van der Waals surface area contributed by atoms with Crippen molar-refractivity contribution in [2.45, 2.75) is 32.9 Å². The predicted octanol–water partition coefficient (Wildman–Crippen LogP) is 1.68. The second-order valence-electron chi connectivity index (χ2n) is 5.33. The van der Waals surface area contributed by atoms with Gasteiger partial charge in [0.1, 0.15) is 0 Å². The first-order valence-electron chi connectivity index (χ1n) is 6.24. The standard InChI is InChI=1S/C14H23N3O.ClH/c1-14(2,3)17-9-8-16-13(18)12-6-4-11(10-15)5-7-12;/h4-7,17H,8-10,15H2,1-3H3,(H,16,18);1H. The highest BCUT2D eigenvalue weighted by atomic mass is 35.5. The van der Waals surface area contributed by atoms with Crippen LogP contribution in [0.4, 0.5) is 0 Å². The Morgan fingerprint density at radius 1 is 1.16 bits per heavy atom. The first kappa shape index (κ1) is 17.9. The van der Waals surface area contributed by atoms with Gasteiger partial charge >= 0.3 is 0 Å². The minimum Gasteiger partial charge on any atom is -0.351 e. The molecule has 0 bridgehead atoms. The van der Waals surface area contributed by atoms with Crippen molar-refractivity contribution >= 4 is 18.3 Å². The van der Waals surface area contributed by atoms with Crippen LogP contribution in [0, 0.1) is 0 Å². The molecule has 108 valence electrons.